The predicted octanol–water partition coefficient (Wildman–Crippen LogP) is 1.17. The van der Waals surface area contributed by atoms with Crippen LogP contribution in [0.3, 0.4) is 0 Å². The van der Waals surface area contributed by atoms with E-state index in [4.69, 9.17) is 0 Å². The highest BCUT2D eigenvalue weighted by Gasteiger charge is 2.19. The summed E-state index contributed by atoms with van der Waals surface area (Å²) in [6.45, 7) is 5.61. The highest BCUT2D eigenvalue weighted by Crippen LogP contribution is 2.18. The minimum Gasteiger partial charge on any atom is -0.369 e. The lowest BCUT2D eigenvalue weighted by atomic mass is 10.3. The Morgan fingerprint density at radius 2 is 1.75 bits per heavy atom. The summed E-state index contributed by atoms with van der Waals surface area (Å²) in [5.74, 6) is 2.91. The van der Waals surface area contributed by atoms with Crippen molar-refractivity contribution in [1.29, 1.82) is 0 Å². The van der Waals surface area contributed by atoms with E-state index in [1.54, 1.807) is 6.33 Å². The summed E-state index contributed by atoms with van der Waals surface area (Å²) in [5, 5.41) is 3.35. The molecule has 0 atom stereocenters. The van der Waals surface area contributed by atoms with Gasteiger partial charge < -0.3 is 20.0 Å². The second-order valence-electron chi connectivity index (χ2n) is 6.15. The van der Waals surface area contributed by atoms with E-state index in [0.29, 0.717) is 0 Å². The molecule has 1 aliphatic heterocycles. The molecule has 0 radical (unpaired) electrons. The van der Waals surface area contributed by atoms with Gasteiger partial charge in [-0.15, -0.1) is 0 Å². The van der Waals surface area contributed by atoms with E-state index >= 15 is 0 Å². The molecule has 0 spiro atoms. The molecule has 128 valence electrons. The third-order valence-corrected chi connectivity index (χ3v) is 4.09. The van der Waals surface area contributed by atoms with Crippen LogP contribution in [0.25, 0.3) is 0 Å². The lowest BCUT2D eigenvalue weighted by Gasteiger charge is -2.36. The van der Waals surface area contributed by atoms with E-state index in [9.17, 15) is 0 Å². The fourth-order valence-electron chi connectivity index (χ4n) is 2.73. The number of rotatable bonds is 6. The Hall–Kier alpha value is -2.41. The third-order valence-electron chi connectivity index (χ3n) is 4.09. The molecule has 0 aromatic carbocycles. The van der Waals surface area contributed by atoms with Crippen molar-refractivity contribution >= 4 is 17.5 Å². The van der Waals surface area contributed by atoms with Crippen LogP contribution in [0.4, 0.5) is 17.5 Å². The van der Waals surface area contributed by atoms with Gasteiger partial charge in [-0.2, -0.15) is 0 Å². The number of aromatic nitrogens is 3. The minimum atomic E-state index is 0.872. The first-order chi connectivity index (χ1) is 11.7. The average molecular weight is 327 g/mol. The van der Waals surface area contributed by atoms with Gasteiger partial charge in [-0.1, -0.05) is 6.07 Å². The first kappa shape index (κ1) is 16.4. The molecule has 1 saturated heterocycles. The molecular weight excluding hydrogens is 302 g/mol. The van der Waals surface area contributed by atoms with Gasteiger partial charge in [0.2, 0.25) is 0 Å². The van der Waals surface area contributed by atoms with Crippen LogP contribution in [0.5, 0.6) is 0 Å². The molecule has 1 fully saturated rings. The predicted molar refractivity (Wildman–Crippen MR) is 97.7 cm³/mol. The number of hydrogen-bond acceptors (Lipinski definition) is 7. The van der Waals surface area contributed by atoms with Gasteiger partial charge in [0.25, 0.3) is 0 Å². The molecule has 3 rings (SSSR count). The Kier molecular flexibility index (Phi) is 5.43. The van der Waals surface area contributed by atoms with Crippen LogP contribution in [0.1, 0.15) is 0 Å². The number of nitrogens with one attached hydrogen (secondary N) is 1. The van der Waals surface area contributed by atoms with Gasteiger partial charge in [0.15, 0.2) is 0 Å². The molecule has 0 saturated carbocycles. The number of hydrogen-bond donors (Lipinski definition) is 1. The van der Waals surface area contributed by atoms with Crippen LogP contribution in [0, 0.1) is 0 Å². The summed E-state index contributed by atoms with van der Waals surface area (Å²) >= 11 is 0. The Morgan fingerprint density at radius 3 is 2.42 bits per heavy atom. The van der Waals surface area contributed by atoms with Crippen molar-refractivity contribution < 1.29 is 0 Å². The zero-order chi connectivity index (χ0) is 16.8. The van der Waals surface area contributed by atoms with Crippen LogP contribution in [-0.4, -0.2) is 73.2 Å². The molecule has 7 heteroatoms. The fourth-order valence-corrected chi connectivity index (χ4v) is 2.73. The zero-order valence-corrected chi connectivity index (χ0v) is 14.4. The maximum atomic E-state index is 4.43. The summed E-state index contributed by atoms with van der Waals surface area (Å²) in [6, 6.07) is 8.08. The number of piperazine rings is 1. The van der Waals surface area contributed by atoms with Crippen molar-refractivity contribution in [2.75, 3.05) is 68.5 Å². The van der Waals surface area contributed by atoms with Crippen molar-refractivity contribution in [2.24, 2.45) is 0 Å². The molecular formula is C17H25N7. The SMILES string of the molecule is CN(C)CCNc1cc(N2CCN(c3ccccn3)CC2)ncn1. The van der Waals surface area contributed by atoms with Crippen LogP contribution in [0.2, 0.25) is 0 Å². The van der Waals surface area contributed by atoms with Gasteiger partial charge in [0.05, 0.1) is 0 Å². The molecule has 24 heavy (non-hydrogen) atoms. The van der Waals surface area contributed by atoms with Crippen LogP contribution < -0.4 is 15.1 Å². The monoisotopic (exact) mass is 327 g/mol. The summed E-state index contributed by atoms with van der Waals surface area (Å²) in [6.07, 6.45) is 3.48. The van der Waals surface area contributed by atoms with Gasteiger partial charge in [-0.05, 0) is 26.2 Å². The van der Waals surface area contributed by atoms with Crippen LogP contribution >= 0.6 is 0 Å². The molecule has 7 nitrogen and oxygen atoms in total. The largest absolute Gasteiger partial charge is 0.369 e. The van der Waals surface area contributed by atoms with Crippen LogP contribution in [-0.2, 0) is 0 Å². The lowest BCUT2D eigenvalue weighted by Crippen LogP contribution is -2.47. The van der Waals surface area contributed by atoms with Crippen molar-refractivity contribution in [3.63, 3.8) is 0 Å². The van der Waals surface area contributed by atoms with E-state index in [1.807, 2.05) is 24.4 Å². The molecule has 0 amide bonds. The minimum absolute atomic E-state index is 0.872. The molecule has 3 heterocycles. The van der Waals surface area contributed by atoms with E-state index < -0.39 is 0 Å². The molecule has 0 aliphatic carbocycles. The quantitative estimate of drug-likeness (QED) is 0.854. The molecule has 0 unspecified atom stereocenters. The van der Waals surface area contributed by atoms with Gasteiger partial charge in [0.1, 0.15) is 23.8 Å². The Labute approximate surface area is 143 Å². The summed E-state index contributed by atoms with van der Waals surface area (Å²) in [5.41, 5.74) is 0. The summed E-state index contributed by atoms with van der Waals surface area (Å²) in [7, 11) is 4.13. The van der Waals surface area contributed by atoms with Gasteiger partial charge in [-0.25, -0.2) is 15.0 Å². The first-order valence-electron chi connectivity index (χ1n) is 8.34. The highest BCUT2D eigenvalue weighted by molar-refractivity contribution is 5.50. The summed E-state index contributed by atoms with van der Waals surface area (Å²) < 4.78 is 0. The fraction of sp³-hybridized carbons (Fsp3) is 0.471. The molecule has 1 aliphatic rings. The summed E-state index contributed by atoms with van der Waals surface area (Å²) in [4.78, 5) is 19.9. The Morgan fingerprint density at radius 1 is 1.00 bits per heavy atom. The third kappa shape index (κ3) is 4.32. The smallest absolute Gasteiger partial charge is 0.134 e. The molecule has 2 aromatic rings. The second kappa shape index (κ2) is 7.92. The van der Waals surface area contributed by atoms with Gasteiger partial charge in [0, 0.05) is 51.5 Å². The van der Waals surface area contributed by atoms with Crippen molar-refractivity contribution in [3.8, 4) is 0 Å². The zero-order valence-electron chi connectivity index (χ0n) is 14.4. The first-order valence-corrected chi connectivity index (χ1v) is 8.34. The number of pyridine rings is 1. The number of nitrogens with zero attached hydrogens (tertiary/aromatic N) is 6. The molecule has 1 N–H and O–H groups in total. The molecule has 0 bridgehead atoms. The topological polar surface area (TPSA) is 60.4 Å². The van der Waals surface area contributed by atoms with Gasteiger partial charge in [-0.3, -0.25) is 0 Å². The highest BCUT2D eigenvalue weighted by atomic mass is 15.3. The van der Waals surface area contributed by atoms with Crippen molar-refractivity contribution in [3.05, 3.63) is 36.8 Å². The lowest BCUT2D eigenvalue weighted by molar-refractivity contribution is 0.425. The van der Waals surface area contributed by atoms with Crippen molar-refractivity contribution in [2.45, 2.75) is 0 Å². The normalized spacial score (nSPS) is 15.0. The van der Waals surface area contributed by atoms with E-state index in [-0.39, 0.29) is 0 Å². The number of likely N-dealkylation sites (N-methyl/N-ethyl adjacent to an activating group) is 1. The average Bonchev–Trinajstić information content (AvgIpc) is 2.63. The molecule has 2 aromatic heterocycles. The Bertz CT molecular complexity index is 624. The van der Waals surface area contributed by atoms with E-state index in [0.717, 1.165) is 56.7 Å². The maximum absolute atomic E-state index is 4.43. The standard InChI is InChI=1S/C17H25N7/c1-22(2)8-7-18-15-13-17(21-14-20-15)24-11-9-23(10-12-24)16-5-3-4-6-19-16/h3-6,13-14H,7-12H2,1-2H3,(H,18,20,21). The second-order valence-corrected chi connectivity index (χ2v) is 6.15. The van der Waals surface area contributed by atoms with Gasteiger partial charge >= 0.3 is 0 Å². The van der Waals surface area contributed by atoms with Crippen LogP contribution in [0.15, 0.2) is 36.8 Å². The number of anilines is 3. The van der Waals surface area contributed by atoms with E-state index in [2.05, 4.69) is 55.1 Å². The Balaban J connectivity index is 1.56. The maximum Gasteiger partial charge on any atom is 0.134 e. The van der Waals surface area contributed by atoms with Crippen molar-refractivity contribution in [1.82, 2.24) is 19.9 Å². The van der Waals surface area contributed by atoms with E-state index in [1.165, 1.54) is 0 Å².